The molecule has 0 saturated heterocycles. The molecule has 0 amide bonds. The zero-order valence-corrected chi connectivity index (χ0v) is 14.4. The first-order chi connectivity index (χ1) is 12.8. The fourth-order valence-electron chi connectivity index (χ4n) is 4.46. The molecule has 0 atom stereocenters. The first-order valence-electron chi connectivity index (χ1n) is 8.93. The van der Waals surface area contributed by atoms with Crippen molar-refractivity contribution in [1.82, 2.24) is 0 Å². The largest absolute Gasteiger partial charge is 0.113 e. The molecule has 120 valence electrons. The maximum Gasteiger partial charge on any atom is 0.113 e. The van der Waals surface area contributed by atoms with Gasteiger partial charge in [-0.1, -0.05) is 109 Å². The molecule has 0 unspecified atom stereocenters. The highest BCUT2D eigenvalue weighted by Gasteiger charge is 2.45. The molecular formula is C25H17B. The van der Waals surface area contributed by atoms with Crippen LogP contribution in [-0.4, -0.2) is 7.85 Å². The van der Waals surface area contributed by atoms with Crippen molar-refractivity contribution >= 4 is 13.3 Å². The lowest BCUT2D eigenvalue weighted by atomic mass is 9.67. The van der Waals surface area contributed by atoms with Crippen LogP contribution in [0.1, 0.15) is 22.3 Å². The summed E-state index contributed by atoms with van der Waals surface area (Å²) in [5, 5.41) is 0. The molecule has 26 heavy (non-hydrogen) atoms. The molecule has 0 aliphatic heterocycles. The normalized spacial score (nSPS) is 13.8. The lowest BCUT2D eigenvalue weighted by Gasteiger charge is -2.34. The average Bonchev–Trinajstić information content (AvgIpc) is 3.00. The van der Waals surface area contributed by atoms with E-state index in [0.29, 0.717) is 0 Å². The summed E-state index contributed by atoms with van der Waals surface area (Å²) in [5.74, 6) is 0. The van der Waals surface area contributed by atoms with E-state index in [1.165, 1.54) is 33.4 Å². The van der Waals surface area contributed by atoms with Gasteiger partial charge in [-0.15, -0.1) is 0 Å². The highest BCUT2D eigenvalue weighted by Crippen LogP contribution is 2.55. The maximum absolute atomic E-state index is 6.24. The van der Waals surface area contributed by atoms with Crippen molar-refractivity contribution < 1.29 is 0 Å². The molecule has 4 aromatic carbocycles. The quantitative estimate of drug-likeness (QED) is 0.407. The van der Waals surface area contributed by atoms with E-state index in [1.54, 1.807) is 0 Å². The second kappa shape index (κ2) is 5.74. The molecule has 5 rings (SSSR count). The van der Waals surface area contributed by atoms with Crippen LogP contribution >= 0.6 is 0 Å². The fraction of sp³-hybridized carbons (Fsp3) is 0.0400. The van der Waals surface area contributed by atoms with Gasteiger partial charge >= 0.3 is 0 Å². The summed E-state index contributed by atoms with van der Waals surface area (Å²) in [6, 6.07) is 36.6. The lowest BCUT2D eigenvalue weighted by molar-refractivity contribution is 0.769. The Kier molecular flexibility index (Phi) is 3.36. The molecule has 0 N–H and O–H groups in total. The van der Waals surface area contributed by atoms with Crippen LogP contribution < -0.4 is 5.46 Å². The molecule has 0 nitrogen and oxygen atoms in total. The molecule has 2 radical (unpaired) electrons. The number of fused-ring (bicyclic) bond motifs is 3. The standard InChI is InChI=1S/C25H17B/c26-20-15-16-22-21-13-7-8-14-23(21)25(24(22)17-20,18-9-3-1-4-10-18)19-11-5-2-6-12-19/h1-17H. The SMILES string of the molecule is [B]c1ccc2c(c1)C(c1ccccc1)(c1ccccc1)c1ccccc1-2. The highest BCUT2D eigenvalue weighted by atomic mass is 14.5. The number of hydrogen-bond acceptors (Lipinski definition) is 0. The third-order valence-corrected chi connectivity index (χ3v) is 5.48. The van der Waals surface area contributed by atoms with E-state index in [-0.39, 0.29) is 5.41 Å². The number of benzene rings is 4. The van der Waals surface area contributed by atoms with Gasteiger partial charge in [0.2, 0.25) is 0 Å². The van der Waals surface area contributed by atoms with Crippen LogP contribution in [0.15, 0.2) is 103 Å². The van der Waals surface area contributed by atoms with Gasteiger partial charge in [0, 0.05) is 0 Å². The second-order valence-corrected chi connectivity index (χ2v) is 6.83. The third kappa shape index (κ3) is 1.98. The van der Waals surface area contributed by atoms with E-state index >= 15 is 0 Å². The third-order valence-electron chi connectivity index (χ3n) is 5.48. The number of rotatable bonds is 2. The van der Waals surface area contributed by atoms with E-state index in [9.17, 15) is 0 Å². The van der Waals surface area contributed by atoms with E-state index in [0.717, 1.165) is 5.46 Å². The predicted octanol–water partition coefficient (Wildman–Crippen LogP) is 4.84. The van der Waals surface area contributed by atoms with Gasteiger partial charge in [-0.25, -0.2) is 0 Å². The van der Waals surface area contributed by atoms with E-state index in [1.807, 2.05) is 6.07 Å². The van der Waals surface area contributed by atoms with Gasteiger partial charge in [-0.05, 0) is 33.4 Å². The minimum atomic E-state index is -0.343. The van der Waals surface area contributed by atoms with Crippen molar-refractivity contribution in [1.29, 1.82) is 0 Å². The smallest absolute Gasteiger partial charge is 0.0963 e. The van der Waals surface area contributed by atoms with Gasteiger partial charge in [-0.2, -0.15) is 0 Å². The molecule has 0 aromatic heterocycles. The zero-order valence-electron chi connectivity index (χ0n) is 14.4. The molecule has 0 heterocycles. The summed E-state index contributed by atoms with van der Waals surface area (Å²) in [4.78, 5) is 0. The highest BCUT2D eigenvalue weighted by molar-refractivity contribution is 6.32. The summed E-state index contributed by atoms with van der Waals surface area (Å²) in [6.45, 7) is 0. The van der Waals surface area contributed by atoms with Crippen LogP contribution in [0.2, 0.25) is 0 Å². The Morgan fingerprint density at radius 2 is 1.04 bits per heavy atom. The molecule has 0 bridgehead atoms. The first kappa shape index (κ1) is 15.2. The minimum Gasteiger partial charge on any atom is -0.0963 e. The van der Waals surface area contributed by atoms with Crippen LogP contribution in [0.5, 0.6) is 0 Å². The summed E-state index contributed by atoms with van der Waals surface area (Å²) < 4.78 is 0. The van der Waals surface area contributed by atoms with E-state index in [4.69, 9.17) is 7.85 Å². The molecule has 4 aromatic rings. The molecule has 0 saturated carbocycles. The molecule has 0 spiro atoms. The Bertz CT molecular complexity index is 1040. The van der Waals surface area contributed by atoms with Crippen molar-refractivity contribution in [3.05, 3.63) is 125 Å². The zero-order chi connectivity index (χ0) is 17.6. The summed E-state index contributed by atoms with van der Waals surface area (Å²) >= 11 is 0. The van der Waals surface area contributed by atoms with E-state index < -0.39 is 0 Å². The molecular weight excluding hydrogens is 311 g/mol. The van der Waals surface area contributed by atoms with Crippen molar-refractivity contribution in [2.24, 2.45) is 0 Å². The summed E-state index contributed by atoms with van der Waals surface area (Å²) in [5.41, 5.74) is 8.12. The lowest BCUT2D eigenvalue weighted by Crippen LogP contribution is -2.29. The Morgan fingerprint density at radius 3 is 1.69 bits per heavy atom. The fourth-order valence-corrected chi connectivity index (χ4v) is 4.46. The van der Waals surface area contributed by atoms with Gasteiger partial charge in [0.1, 0.15) is 7.85 Å². The average molecular weight is 328 g/mol. The summed E-state index contributed by atoms with van der Waals surface area (Å²) in [6.07, 6.45) is 0. The topological polar surface area (TPSA) is 0 Å². The predicted molar refractivity (Wildman–Crippen MR) is 109 cm³/mol. The minimum absolute atomic E-state index is 0.343. The monoisotopic (exact) mass is 328 g/mol. The van der Waals surface area contributed by atoms with Crippen LogP contribution in [-0.2, 0) is 5.41 Å². The van der Waals surface area contributed by atoms with Crippen molar-refractivity contribution in [3.8, 4) is 11.1 Å². The Labute approximate surface area is 155 Å². The van der Waals surface area contributed by atoms with Gasteiger partial charge in [-0.3, -0.25) is 0 Å². The second-order valence-electron chi connectivity index (χ2n) is 6.83. The molecule has 1 aliphatic rings. The first-order valence-corrected chi connectivity index (χ1v) is 8.93. The van der Waals surface area contributed by atoms with E-state index in [2.05, 4.69) is 97.1 Å². The van der Waals surface area contributed by atoms with Gasteiger partial charge in [0.05, 0.1) is 5.41 Å². The van der Waals surface area contributed by atoms with Gasteiger partial charge in [0.25, 0.3) is 0 Å². The summed E-state index contributed by atoms with van der Waals surface area (Å²) in [7, 11) is 6.24. The molecule has 0 fully saturated rings. The van der Waals surface area contributed by atoms with Gasteiger partial charge < -0.3 is 0 Å². The Balaban J connectivity index is 1.99. The Hall–Kier alpha value is -3.06. The molecule has 1 aliphatic carbocycles. The Morgan fingerprint density at radius 1 is 0.500 bits per heavy atom. The van der Waals surface area contributed by atoms with Crippen molar-refractivity contribution in [3.63, 3.8) is 0 Å². The van der Waals surface area contributed by atoms with Crippen LogP contribution in [0, 0.1) is 0 Å². The van der Waals surface area contributed by atoms with Crippen molar-refractivity contribution in [2.75, 3.05) is 0 Å². The van der Waals surface area contributed by atoms with Crippen molar-refractivity contribution in [2.45, 2.75) is 5.41 Å². The van der Waals surface area contributed by atoms with Gasteiger partial charge in [0.15, 0.2) is 0 Å². The van der Waals surface area contributed by atoms with Crippen LogP contribution in [0.3, 0.4) is 0 Å². The number of hydrogen-bond donors (Lipinski definition) is 0. The van der Waals surface area contributed by atoms with Crippen LogP contribution in [0.25, 0.3) is 11.1 Å². The maximum atomic E-state index is 6.24. The molecule has 1 heteroatoms. The van der Waals surface area contributed by atoms with Crippen LogP contribution in [0.4, 0.5) is 0 Å².